The number of carbonyl (C=O) groups excluding carboxylic acids is 1. The van der Waals surface area contributed by atoms with Crippen LogP contribution in [0.4, 0.5) is 0 Å². The molecule has 1 amide bonds. The zero-order chi connectivity index (χ0) is 14.2. The Bertz CT molecular complexity index is 664. The molecule has 0 saturated heterocycles. The molecule has 0 N–H and O–H groups in total. The molecular formula is C15H16N4O2. The first-order chi connectivity index (χ1) is 10.3. The molecule has 2 aromatic rings. The lowest BCUT2D eigenvalue weighted by molar-refractivity contribution is 0.0721. The highest BCUT2D eigenvalue weighted by molar-refractivity contribution is 5.91. The van der Waals surface area contributed by atoms with Crippen molar-refractivity contribution in [1.82, 2.24) is 20.0 Å². The van der Waals surface area contributed by atoms with Crippen LogP contribution in [0.2, 0.25) is 0 Å². The van der Waals surface area contributed by atoms with E-state index in [9.17, 15) is 4.79 Å². The number of nitrogens with zero attached hydrogens (tertiary/aromatic N) is 4. The summed E-state index contributed by atoms with van der Waals surface area (Å²) < 4.78 is 4.97. The predicted octanol–water partition coefficient (Wildman–Crippen LogP) is 1.58. The minimum Gasteiger partial charge on any atom is -0.351 e. The van der Waals surface area contributed by atoms with Crippen LogP contribution in [0.5, 0.6) is 0 Å². The van der Waals surface area contributed by atoms with Crippen LogP contribution in [-0.2, 0) is 12.8 Å². The number of fused-ring (bicyclic) bond motifs is 1. The predicted molar refractivity (Wildman–Crippen MR) is 73.8 cm³/mol. The van der Waals surface area contributed by atoms with Crippen molar-refractivity contribution in [2.24, 2.45) is 0 Å². The van der Waals surface area contributed by atoms with Crippen LogP contribution in [0.1, 0.15) is 46.3 Å². The summed E-state index contributed by atoms with van der Waals surface area (Å²) in [5, 5.41) is 3.60. The van der Waals surface area contributed by atoms with E-state index in [4.69, 9.17) is 4.52 Å². The van der Waals surface area contributed by atoms with Gasteiger partial charge in [-0.2, -0.15) is 0 Å². The van der Waals surface area contributed by atoms with E-state index in [-0.39, 0.29) is 5.91 Å². The largest absolute Gasteiger partial charge is 0.351 e. The minimum absolute atomic E-state index is 0.0961. The van der Waals surface area contributed by atoms with Crippen LogP contribution in [0.3, 0.4) is 0 Å². The van der Waals surface area contributed by atoms with Crippen molar-refractivity contribution in [3.05, 3.63) is 41.3 Å². The molecule has 3 heterocycles. The molecule has 1 saturated carbocycles. The van der Waals surface area contributed by atoms with Gasteiger partial charge in [0.25, 0.3) is 5.91 Å². The molecule has 1 fully saturated rings. The van der Waals surface area contributed by atoms with Gasteiger partial charge in [0.15, 0.2) is 0 Å². The molecule has 4 rings (SSSR count). The van der Waals surface area contributed by atoms with Gasteiger partial charge >= 0.3 is 0 Å². The van der Waals surface area contributed by atoms with E-state index in [1.54, 1.807) is 12.4 Å². The SMILES string of the molecule is O=C(c1ccno1)N1CCc2ncnc(C3CC3)c2CC1. The Morgan fingerprint density at radius 1 is 1.24 bits per heavy atom. The Morgan fingerprint density at radius 2 is 2.10 bits per heavy atom. The second-order valence-electron chi connectivity index (χ2n) is 5.63. The average molecular weight is 284 g/mol. The average Bonchev–Trinajstić information content (AvgIpc) is 3.25. The molecule has 21 heavy (non-hydrogen) atoms. The summed E-state index contributed by atoms with van der Waals surface area (Å²) in [6.07, 6.45) is 7.21. The van der Waals surface area contributed by atoms with Gasteiger partial charge in [0, 0.05) is 37.2 Å². The maximum atomic E-state index is 12.4. The number of hydrogen-bond donors (Lipinski definition) is 0. The van der Waals surface area contributed by atoms with Crippen LogP contribution in [0, 0.1) is 0 Å². The molecule has 108 valence electrons. The van der Waals surface area contributed by atoms with Gasteiger partial charge in [0.2, 0.25) is 5.76 Å². The fourth-order valence-electron chi connectivity index (χ4n) is 2.95. The topological polar surface area (TPSA) is 72.1 Å². The minimum atomic E-state index is -0.0961. The van der Waals surface area contributed by atoms with E-state index in [2.05, 4.69) is 15.1 Å². The molecule has 0 bridgehead atoms. The van der Waals surface area contributed by atoms with Gasteiger partial charge in [-0.3, -0.25) is 4.79 Å². The summed E-state index contributed by atoms with van der Waals surface area (Å²) in [6, 6.07) is 1.61. The quantitative estimate of drug-likeness (QED) is 0.837. The van der Waals surface area contributed by atoms with Gasteiger partial charge < -0.3 is 9.42 Å². The second-order valence-corrected chi connectivity index (χ2v) is 5.63. The first-order valence-electron chi connectivity index (χ1n) is 7.35. The summed E-state index contributed by atoms with van der Waals surface area (Å²) in [4.78, 5) is 23.1. The maximum absolute atomic E-state index is 12.4. The highest BCUT2D eigenvalue weighted by atomic mass is 16.5. The standard InChI is InChI=1S/C15H16N4O2/c20-15(13-3-6-18-21-13)19-7-4-11-12(5-8-19)16-9-17-14(11)10-1-2-10/h3,6,9-10H,1-2,4-5,7-8H2. The Hall–Kier alpha value is -2.24. The first kappa shape index (κ1) is 12.5. The fourth-order valence-corrected chi connectivity index (χ4v) is 2.95. The van der Waals surface area contributed by atoms with Crippen LogP contribution < -0.4 is 0 Å². The molecule has 2 aliphatic rings. The van der Waals surface area contributed by atoms with Crippen molar-refractivity contribution in [3.8, 4) is 0 Å². The summed E-state index contributed by atoms with van der Waals surface area (Å²) >= 11 is 0. The molecule has 6 nitrogen and oxygen atoms in total. The molecule has 2 aromatic heterocycles. The Kier molecular flexibility index (Phi) is 2.94. The lowest BCUT2D eigenvalue weighted by atomic mass is 10.0. The highest BCUT2D eigenvalue weighted by Crippen LogP contribution is 2.41. The van der Waals surface area contributed by atoms with Gasteiger partial charge in [-0.15, -0.1) is 0 Å². The monoisotopic (exact) mass is 284 g/mol. The maximum Gasteiger partial charge on any atom is 0.292 e. The van der Waals surface area contributed by atoms with Gasteiger partial charge in [-0.05, 0) is 24.8 Å². The third kappa shape index (κ3) is 2.30. The summed E-state index contributed by atoms with van der Waals surface area (Å²) in [7, 11) is 0. The van der Waals surface area contributed by atoms with Crippen molar-refractivity contribution < 1.29 is 9.32 Å². The number of amides is 1. The van der Waals surface area contributed by atoms with Gasteiger partial charge in [-0.1, -0.05) is 5.16 Å². The van der Waals surface area contributed by atoms with Gasteiger partial charge in [0.1, 0.15) is 6.33 Å². The van der Waals surface area contributed by atoms with E-state index < -0.39 is 0 Å². The molecule has 0 atom stereocenters. The van der Waals surface area contributed by atoms with Crippen LogP contribution in [0.25, 0.3) is 0 Å². The van der Waals surface area contributed by atoms with E-state index in [0.717, 1.165) is 18.5 Å². The Balaban J connectivity index is 1.57. The number of rotatable bonds is 2. The lowest BCUT2D eigenvalue weighted by Crippen LogP contribution is -2.33. The zero-order valence-electron chi connectivity index (χ0n) is 11.7. The normalized spacial score (nSPS) is 18.2. The van der Waals surface area contributed by atoms with E-state index in [1.165, 1.54) is 30.3 Å². The molecule has 1 aliphatic carbocycles. The van der Waals surface area contributed by atoms with Crippen LogP contribution >= 0.6 is 0 Å². The van der Waals surface area contributed by atoms with Crippen molar-refractivity contribution in [2.45, 2.75) is 31.6 Å². The summed E-state index contributed by atoms with van der Waals surface area (Å²) in [6.45, 7) is 1.34. The Labute approximate surface area is 122 Å². The number of carbonyl (C=O) groups is 1. The fraction of sp³-hybridized carbons (Fsp3) is 0.467. The van der Waals surface area contributed by atoms with Gasteiger partial charge in [-0.25, -0.2) is 9.97 Å². The van der Waals surface area contributed by atoms with Crippen LogP contribution in [0.15, 0.2) is 23.1 Å². The molecule has 0 radical (unpaired) electrons. The first-order valence-corrected chi connectivity index (χ1v) is 7.35. The number of aromatic nitrogens is 3. The summed E-state index contributed by atoms with van der Waals surface area (Å²) in [5.41, 5.74) is 3.56. The van der Waals surface area contributed by atoms with E-state index >= 15 is 0 Å². The smallest absolute Gasteiger partial charge is 0.292 e. The third-order valence-electron chi connectivity index (χ3n) is 4.22. The van der Waals surface area contributed by atoms with Crippen molar-refractivity contribution in [1.29, 1.82) is 0 Å². The van der Waals surface area contributed by atoms with E-state index in [0.29, 0.717) is 24.8 Å². The van der Waals surface area contributed by atoms with Gasteiger partial charge in [0.05, 0.1) is 11.9 Å². The van der Waals surface area contributed by atoms with Crippen molar-refractivity contribution in [3.63, 3.8) is 0 Å². The second kappa shape index (κ2) is 4.95. The third-order valence-corrected chi connectivity index (χ3v) is 4.22. The molecule has 1 aliphatic heterocycles. The molecule has 0 aromatic carbocycles. The highest BCUT2D eigenvalue weighted by Gasteiger charge is 2.31. The van der Waals surface area contributed by atoms with Crippen molar-refractivity contribution in [2.75, 3.05) is 13.1 Å². The summed E-state index contributed by atoms with van der Waals surface area (Å²) in [5.74, 6) is 0.814. The van der Waals surface area contributed by atoms with Crippen LogP contribution in [-0.4, -0.2) is 39.0 Å². The lowest BCUT2D eigenvalue weighted by Gasteiger charge is -2.18. The molecule has 0 spiro atoms. The molecule has 0 unspecified atom stereocenters. The molecular weight excluding hydrogens is 268 g/mol. The number of hydrogen-bond acceptors (Lipinski definition) is 5. The molecule has 6 heteroatoms. The van der Waals surface area contributed by atoms with E-state index in [1.807, 2.05) is 4.90 Å². The Morgan fingerprint density at radius 3 is 2.86 bits per heavy atom. The van der Waals surface area contributed by atoms with Crippen molar-refractivity contribution >= 4 is 5.91 Å². The zero-order valence-corrected chi connectivity index (χ0v) is 11.7.